The second-order valence-electron chi connectivity index (χ2n) is 9.51. The molecule has 7 nitrogen and oxygen atoms in total. The molecule has 3 aromatic heterocycles. The summed E-state index contributed by atoms with van der Waals surface area (Å²) in [6.45, 7) is 4.76. The van der Waals surface area contributed by atoms with Crippen molar-refractivity contribution in [1.29, 1.82) is 0 Å². The third-order valence-electron chi connectivity index (χ3n) is 6.45. The highest BCUT2D eigenvalue weighted by Gasteiger charge is 2.15. The van der Waals surface area contributed by atoms with Crippen LogP contribution in [0.2, 0.25) is 0 Å². The highest BCUT2D eigenvalue weighted by Crippen LogP contribution is 2.29. The molecule has 0 radical (unpaired) electrons. The van der Waals surface area contributed by atoms with Gasteiger partial charge >= 0.3 is 0 Å². The second kappa shape index (κ2) is 11.3. The van der Waals surface area contributed by atoms with E-state index in [4.69, 9.17) is 9.84 Å². The molecule has 41 heavy (non-hydrogen) atoms. The van der Waals surface area contributed by atoms with Crippen molar-refractivity contribution in [2.75, 3.05) is 6.61 Å². The molecule has 0 unspecified atom stereocenters. The first-order valence-electron chi connectivity index (χ1n) is 13.2. The molecular formula is C32H26FN5O2S. The summed E-state index contributed by atoms with van der Waals surface area (Å²) in [7, 11) is 0. The molecule has 9 heteroatoms. The van der Waals surface area contributed by atoms with Crippen molar-refractivity contribution >= 4 is 34.5 Å². The summed E-state index contributed by atoms with van der Waals surface area (Å²) in [5.41, 5.74) is 4.96. The number of fused-ring (bicyclic) bond motifs is 1. The summed E-state index contributed by atoms with van der Waals surface area (Å²) in [5, 5.41) is 9.27. The molecule has 0 aliphatic carbocycles. The Labute approximate surface area is 239 Å². The lowest BCUT2D eigenvalue weighted by Crippen LogP contribution is -2.23. The van der Waals surface area contributed by atoms with Gasteiger partial charge in [-0.1, -0.05) is 54.7 Å². The van der Waals surface area contributed by atoms with E-state index in [0.717, 1.165) is 45.8 Å². The van der Waals surface area contributed by atoms with Crippen LogP contribution in [-0.2, 0) is 0 Å². The maximum atomic E-state index is 13.3. The minimum atomic E-state index is -0.298. The Balaban J connectivity index is 1.39. The van der Waals surface area contributed by atoms with Crippen LogP contribution in [0.25, 0.3) is 40.1 Å². The van der Waals surface area contributed by atoms with Crippen molar-refractivity contribution in [2.24, 2.45) is 0 Å². The molecule has 204 valence electrons. The lowest BCUT2D eigenvalue weighted by Gasteiger charge is -2.09. The minimum absolute atomic E-state index is 0.253. The van der Waals surface area contributed by atoms with Gasteiger partial charge in [0.1, 0.15) is 17.3 Å². The lowest BCUT2D eigenvalue weighted by molar-refractivity contribution is 0.315. The monoisotopic (exact) mass is 563 g/mol. The van der Waals surface area contributed by atoms with Crippen LogP contribution in [0.5, 0.6) is 5.75 Å². The van der Waals surface area contributed by atoms with Gasteiger partial charge in [-0.05, 0) is 79.1 Å². The number of hydrogen-bond acceptors (Lipinski definition) is 6. The number of aromatic nitrogens is 5. The van der Waals surface area contributed by atoms with E-state index in [0.29, 0.717) is 21.9 Å². The number of hydrogen-bond donors (Lipinski definition) is 0. The molecule has 3 heterocycles. The van der Waals surface area contributed by atoms with Crippen LogP contribution in [0, 0.1) is 12.7 Å². The molecule has 0 saturated carbocycles. The largest absolute Gasteiger partial charge is 0.493 e. The van der Waals surface area contributed by atoms with E-state index in [1.54, 1.807) is 24.3 Å². The molecule has 3 aromatic carbocycles. The predicted octanol–water partition coefficient (Wildman–Crippen LogP) is 5.96. The van der Waals surface area contributed by atoms with E-state index in [1.165, 1.54) is 28.0 Å². The normalized spacial score (nSPS) is 12.1. The Morgan fingerprint density at radius 3 is 2.54 bits per heavy atom. The van der Waals surface area contributed by atoms with E-state index in [2.05, 4.69) is 23.1 Å². The molecule has 0 amide bonds. The number of rotatable bonds is 8. The van der Waals surface area contributed by atoms with E-state index < -0.39 is 0 Å². The van der Waals surface area contributed by atoms with Gasteiger partial charge in [0.2, 0.25) is 4.96 Å². The fourth-order valence-corrected chi connectivity index (χ4v) is 5.31. The van der Waals surface area contributed by atoms with E-state index in [-0.39, 0.29) is 11.4 Å². The molecule has 6 aromatic rings. The average molecular weight is 564 g/mol. The maximum Gasteiger partial charge on any atom is 0.291 e. The van der Waals surface area contributed by atoms with Crippen molar-refractivity contribution in [3.8, 4) is 22.7 Å². The van der Waals surface area contributed by atoms with Crippen LogP contribution in [0.1, 0.15) is 35.9 Å². The molecule has 0 aliphatic rings. The number of thiazole rings is 1. The van der Waals surface area contributed by atoms with Gasteiger partial charge < -0.3 is 4.74 Å². The van der Waals surface area contributed by atoms with E-state index >= 15 is 0 Å². The first-order chi connectivity index (χ1) is 20.0. The van der Waals surface area contributed by atoms with Crippen LogP contribution in [0.15, 0.2) is 83.8 Å². The maximum absolute atomic E-state index is 13.3. The number of benzene rings is 3. The number of ether oxygens (including phenoxy) is 1. The summed E-state index contributed by atoms with van der Waals surface area (Å²) in [6.07, 6.45) is 8.18. The SMILES string of the molecule is CCCOc1ccc(-c2nn(-c3ccccc3)cc2/C=c2\sc3nc(/C=C/c4ccc(F)cc4)nn3c2=O)cc1C. The zero-order chi connectivity index (χ0) is 28.3. The van der Waals surface area contributed by atoms with Gasteiger partial charge in [0.25, 0.3) is 5.56 Å². The lowest BCUT2D eigenvalue weighted by atomic mass is 10.0. The Hall–Kier alpha value is -4.89. The molecule has 0 N–H and O–H groups in total. The van der Waals surface area contributed by atoms with Gasteiger partial charge in [-0.3, -0.25) is 4.79 Å². The van der Waals surface area contributed by atoms with Crippen molar-refractivity contribution < 1.29 is 9.13 Å². The van der Waals surface area contributed by atoms with Crippen molar-refractivity contribution in [3.63, 3.8) is 0 Å². The van der Waals surface area contributed by atoms with Crippen molar-refractivity contribution in [2.45, 2.75) is 20.3 Å². The molecule has 0 bridgehead atoms. The molecule has 6 rings (SSSR count). The molecule has 0 fully saturated rings. The minimum Gasteiger partial charge on any atom is -0.493 e. The quantitative estimate of drug-likeness (QED) is 0.229. The molecule has 0 atom stereocenters. The first-order valence-corrected chi connectivity index (χ1v) is 14.0. The third kappa shape index (κ3) is 5.57. The van der Waals surface area contributed by atoms with Gasteiger partial charge in [-0.15, -0.1) is 5.10 Å². The van der Waals surface area contributed by atoms with E-state index in [1.807, 2.05) is 66.3 Å². The van der Waals surface area contributed by atoms with Gasteiger partial charge in [0.05, 0.1) is 16.8 Å². The number of halogens is 1. The fraction of sp³-hybridized carbons (Fsp3) is 0.125. The third-order valence-corrected chi connectivity index (χ3v) is 7.41. The van der Waals surface area contributed by atoms with Crippen LogP contribution >= 0.6 is 11.3 Å². The zero-order valence-corrected chi connectivity index (χ0v) is 23.3. The Kier molecular flexibility index (Phi) is 7.26. The van der Waals surface area contributed by atoms with Crippen LogP contribution in [-0.4, -0.2) is 31.0 Å². The molecule has 0 saturated heterocycles. The average Bonchev–Trinajstić information content (AvgIpc) is 3.67. The summed E-state index contributed by atoms with van der Waals surface area (Å²) >= 11 is 1.27. The number of aryl methyl sites for hydroxylation is 1. The topological polar surface area (TPSA) is 74.3 Å². The number of nitrogens with zero attached hydrogens (tertiary/aromatic N) is 5. The van der Waals surface area contributed by atoms with Gasteiger partial charge in [0.15, 0.2) is 5.82 Å². The summed E-state index contributed by atoms with van der Waals surface area (Å²) < 4.78 is 22.7. The van der Waals surface area contributed by atoms with Crippen LogP contribution < -0.4 is 14.8 Å². The standard InChI is InChI=1S/C32H26FN5O2S/c1-3-17-40-27-15-12-23(18-21(27)2)30-24(20-37(36-30)26-7-5-4-6-8-26)19-28-31(39)38-32(41-28)34-29(35-38)16-11-22-9-13-25(33)14-10-22/h4-16,18-20H,3,17H2,1-2H3/b16-11+,28-19-. The first kappa shape index (κ1) is 26.3. The summed E-state index contributed by atoms with van der Waals surface area (Å²) in [6, 6.07) is 22.0. The Morgan fingerprint density at radius 2 is 1.80 bits per heavy atom. The Morgan fingerprint density at radius 1 is 1.00 bits per heavy atom. The number of para-hydroxylation sites is 1. The van der Waals surface area contributed by atoms with Gasteiger partial charge in [-0.25, -0.2) is 9.07 Å². The van der Waals surface area contributed by atoms with Crippen molar-refractivity contribution in [3.05, 3.63) is 122 Å². The highest BCUT2D eigenvalue weighted by molar-refractivity contribution is 7.15. The van der Waals surface area contributed by atoms with Gasteiger partial charge in [0, 0.05) is 17.3 Å². The molecular weight excluding hydrogens is 537 g/mol. The van der Waals surface area contributed by atoms with Gasteiger partial charge in [-0.2, -0.15) is 14.6 Å². The summed E-state index contributed by atoms with van der Waals surface area (Å²) in [5.74, 6) is 0.955. The van der Waals surface area contributed by atoms with Crippen LogP contribution in [0.4, 0.5) is 4.39 Å². The molecule has 0 spiro atoms. The highest BCUT2D eigenvalue weighted by atomic mass is 32.1. The Bertz CT molecular complexity index is 1970. The zero-order valence-electron chi connectivity index (χ0n) is 22.5. The summed E-state index contributed by atoms with van der Waals surface area (Å²) in [4.78, 5) is 18.3. The predicted molar refractivity (Wildman–Crippen MR) is 161 cm³/mol. The second-order valence-corrected chi connectivity index (χ2v) is 10.5. The smallest absolute Gasteiger partial charge is 0.291 e. The molecule has 0 aliphatic heterocycles. The van der Waals surface area contributed by atoms with Crippen LogP contribution in [0.3, 0.4) is 0 Å². The van der Waals surface area contributed by atoms with Crippen molar-refractivity contribution in [1.82, 2.24) is 24.4 Å². The fourth-order valence-electron chi connectivity index (χ4n) is 4.41. The van der Waals surface area contributed by atoms with E-state index in [9.17, 15) is 9.18 Å².